The van der Waals surface area contributed by atoms with Gasteiger partial charge in [0, 0.05) is 43.8 Å². The second kappa shape index (κ2) is 5.06. The Balaban J connectivity index is 1.62. The number of aromatic nitrogens is 4. The Kier molecular flexibility index (Phi) is 3.04. The molecule has 0 aliphatic carbocycles. The van der Waals surface area contributed by atoms with Gasteiger partial charge in [0.1, 0.15) is 11.5 Å². The number of pyridine rings is 1. The van der Waals surface area contributed by atoms with E-state index in [-0.39, 0.29) is 5.56 Å². The normalized spacial score (nSPS) is 15.1. The molecule has 6 nitrogen and oxygen atoms in total. The van der Waals surface area contributed by atoms with E-state index in [1.807, 2.05) is 19.2 Å². The van der Waals surface area contributed by atoms with E-state index in [0.29, 0.717) is 12.4 Å². The molecule has 0 amide bonds. The van der Waals surface area contributed by atoms with Crippen LogP contribution in [-0.4, -0.2) is 31.4 Å². The summed E-state index contributed by atoms with van der Waals surface area (Å²) in [6.45, 7) is 4.19. The Morgan fingerprint density at radius 2 is 2.32 bits per heavy atom. The highest BCUT2D eigenvalue weighted by Crippen LogP contribution is 2.21. The molecular formula is C16H17N5O. The van der Waals surface area contributed by atoms with Crippen molar-refractivity contribution in [3.8, 4) is 0 Å². The average molecular weight is 295 g/mol. The zero-order valence-electron chi connectivity index (χ0n) is 12.4. The predicted octanol–water partition coefficient (Wildman–Crippen LogP) is 1.51. The fraction of sp³-hybridized carbons (Fsp3) is 0.312. The topological polar surface area (TPSA) is 77.7 Å². The van der Waals surface area contributed by atoms with E-state index in [0.717, 1.165) is 41.8 Å². The number of fused-ring (bicyclic) bond motifs is 2. The number of aryl methyl sites for hydroxylation is 1. The summed E-state index contributed by atoms with van der Waals surface area (Å²) in [5, 5.41) is 1.14. The lowest BCUT2D eigenvalue weighted by molar-refractivity contribution is 0.242. The van der Waals surface area contributed by atoms with Gasteiger partial charge in [-0.1, -0.05) is 0 Å². The third-order valence-corrected chi connectivity index (χ3v) is 4.20. The minimum Gasteiger partial charge on any atom is -0.346 e. The van der Waals surface area contributed by atoms with E-state index in [2.05, 4.69) is 30.9 Å². The monoisotopic (exact) mass is 295 g/mol. The molecule has 22 heavy (non-hydrogen) atoms. The van der Waals surface area contributed by atoms with E-state index in [1.165, 1.54) is 5.56 Å². The molecule has 0 atom stereocenters. The highest BCUT2D eigenvalue weighted by Gasteiger charge is 2.21. The van der Waals surface area contributed by atoms with E-state index in [1.54, 1.807) is 6.20 Å². The SMILES string of the molecule is Cc1nc2c(c(=O)[nH]1)CN(Cc1c[nH]c3ncccc13)CC2. The van der Waals surface area contributed by atoms with Gasteiger partial charge in [-0.05, 0) is 24.6 Å². The lowest BCUT2D eigenvalue weighted by Crippen LogP contribution is -2.35. The third-order valence-electron chi connectivity index (χ3n) is 4.20. The zero-order valence-corrected chi connectivity index (χ0v) is 12.4. The molecule has 0 aromatic carbocycles. The minimum atomic E-state index is -0.00667. The molecule has 1 aliphatic heterocycles. The molecule has 112 valence electrons. The smallest absolute Gasteiger partial charge is 0.255 e. The number of aromatic amines is 2. The van der Waals surface area contributed by atoms with Crippen molar-refractivity contribution < 1.29 is 0 Å². The van der Waals surface area contributed by atoms with Crippen LogP contribution in [0.15, 0.2) is 29.3 Å². The molecule has 0 fully saturated rings. The summed E-state index contributed by atoms with van der Waals surface area (Å²) >= 11 is 0. The molecule has 0 bridgehead atoms. The summed E-state index contributed by atoms with van der Waals surface area (Å²) in [6, 6.07) is 4.02. The summed E-state index contributed by atoms with van der Waals surface area (Å²) in [5.74, 6) is 0.694. The van der Waals surface area contributed by atoms with Gasteiger partial charge in [0.25, 0.3) is 5.56 Å². The van der Waals surface area contributed by atoms with E-state index in [4.69, 9.17) is 0 Å². The zero-order chi connectivity index (χ0) is 15.1. The molecule has 6 heteroatoms. The number of hydrogen-bond acceptors (Lipinski definition) is 4. The molecule has 0 spiro atoms. The fourth-order valence-corrected chi connectivity index (χ4v) is 3.12. The molecule has 1 aliphatic rings. The van der Waals surface area contributed by atoms with Gasteiger partial charge in [-0.2, -0.15) is 0 Å². The molecule has 4 heterocycles. The van der Waals surface area contributed by atoms with Crippen molar-refractivity contribution in [1.29, 1.82) is 0 Å². The van der Waals surface area contributed by atoms with Crippen LogP contribution in [-0.2, 0) is 19.5 Å². The fourth-order valence-electron chi connectivity index (χ4n) is 3.12. The summed E-state index contributed by atoms with van der Waals surface area (Å²) in [5.41, 5.74) is 3.86. The van der Waals surface area contributed by atoms with Crippen LogP contribution in [0.3, 0.4) is 0 Å². The first-order valence-corrected chi connectivity index (χ1v) is 7.43. The van der Waals surface area contributed by atoms with Crippen LogP contribution < -0.4 is 5.56 Å². The van der Waals surface area contributed by atoms with E-state index < -0.39 is 0 Å². The molecule has 0 unspecified atom stereocenters. The molecule has 0 saturated carbocycles. The Labute approximate surface area is 127 Å². The Morgan fingerprint density at radius 1 is 1.41 bits per heavy atom. The molecule has 0 saturated heterocycles. The summed E-state index contributed by atoms with van der Waals surface area (Å²) in [7, 11) is 0. The number of nitrogens with one attached hydrogen (secondary N) is 2. The Morgan fingerprint density at radius 3 is 3.23 bits per heavy atom. The van der Waals surface area contributed by atoms with Crippen molar-refractivity contribution in [3.05, 3.63) is 57.5 Å². The van der Waals surface area contributed by atoms with Crippen LogP contribution in [0, 0.1) is 6.92 Å². The average Bonchev–Trinajstić information content (AvgIpc) is 2.91. The highest BCUT2D eigenvalue weighted by atomic mass is 16.1. The van der Waals surface area contributed by atoms with Gasteiger partial charge in [0.15, 0.2) is 0 Å². The van der Waals surface area contributed by atoms with Crippen LogP contribution in [0.5, 0.6) is 0 Å². The quantitative estimate of drug-likeness (QED) is 0.751. The van der Waals surface area contributed by atoms with Gasteiger partial charge in [0.05, 0.1) is 11.3 Å². The lowest BCUT2D eigenvalue weighted by atomic mass is 10.1. The first-order valence-electron chi connectivity index (χ1n) is 7.43. The highest BCUT2D eigenvalue weighted by molar-refractivity contribution is 5.79. The van der Waals surface area contributed by atoms with Crippen molar-refractivity contribution in [2.75, 3.05) is 6.54 Å². The Bertz CT molecular complexity index is 895. The first-order chi connectivity index (χ1) is 10.7. The largest absolute Gasteiger partial charge is 0.346 e. The van der Waals surface area contributed by atoms with E-state index >= 15 is 0 Å². The number of nitrogens with zero attached hydrogens (tertiary/aromatic N) is 3. The molecule has 3 aromatic rings. The second-order valence-corrected chi connectivity index (χ2v) is 5.75. The second-order valence-electron chi connectivity index (χ2n) is 5.75. The van der Waals surface area contributed by atoms with Crippen LogP contribution in [0.4, 0.5) is 0 Å². The molecule has 2 N–H and O–H groups in total. The lowest BCUT2D eigenvalue weighted by Gasteiger charge is -2.27. The van der Waals surface area contributed by atoms with Crippen LogP contribution in [0.25, 0.3) is 11.0 Å². The maximum atomic E-state index is 12.1. The van der Waals surface area contributed by atoms with Crippen molar-refractivity contribution >= 4 is 11.0 Å². The van der Waals surface area contributed by atoms with Gasteiger partial charge < -0.3 is 9.97 Å². The van der Waals surface area contributed by atoms with Crippen molar-refractivity contribution in [2.45, 2.75) is 26.4 Å². The molecule has 3 aromatic heterocycles. The maximum Gasteiger partial charge on any atom is 0.255 e. The number of hydrogen-bond donors (Lipinski definition) is 2. The van der Waals surface area contributed by atoms with Gasteiger partial charge in [-0.15, -0.1) is 0 Å². The van der Waals surface area contributed by atoms with Gasteiger partial charge in [-0.3, -0.25) is 9.69 Å². The minimum absolute atomic E-state index is 0.00667. The molecular weight excluding hydrogens is 278 g/mol. The predicted molar refractivity (Wildman–Crippen MR) is 83.5 cm³/mol. The molecule has 4 rings (SSSR count). The number of rotatable bonds is 2. The standard InChI is InChI=1S/C16H17N5O/c1-10-19-14-4-6-21(9-13(14)16(22)20-10)8-11-7-18-15-12(11)3-2-5-17-15/h2-3,5,7H,4,6,8-9H2,1H3,(H,17,18)(H,19,20,22). The van der Waals surface area contributed by atoms with Crippen molar-refractivity contribution in [3.63, 3.8) is 0 Å². The van der Waals surface area contributed by atoms with Crippen molar-refractivity contribution in [1.82, 2.24) is 24.8 Å². The van der Waals surface area contributed by atoms with Crippen LogP contribution in [0.1, 0.15) is 22.6 Å². The van der Waals surface area contributed by atoms with Gasteiger partial charge in [-0.25, -0.2) is 9.97 Å². The first kappa shape index (κ1) is 13.2. The van der Waals surface area contributed by atoms with Crippen molar-refractivity contribution in [2.24, 2.45) is 0 Å². The summed E-state index contributed by atoms with van der Waals surface area (Å²) < 4.78 is 0. The number of H-pyrrole nitrogens is 2. The third kappa shape index (κ3) is 2.21. The van der Waals surface area contributed by atoms with Crippen LogP contribution in [0.2, 0.25) is 0 Å². The summed E-state index contributed by atoms with van der Waals surface area (Å²) in [6.07, 6.45) is 4.61. The van der Waals surface area contributed by atoms with E-state index in [9.17, 15) is 4.79 Å². The Hall–Kier alpha value is -2.47. The van der Waals surface area contributed by atoms with Gasteiger partial charge in [0.2, 0.25) is 0 Å². The van der Waals surface area contributed by atoms with Gasteiger partial charge >= 0.3 is 0 Å². The maximum absolute atomic E-state index is 12.1. The van der Waals surface area contributed by atoms with Crippen LogP contribution >= 0.6 is 0 Å². The summed E-state index contributed by atoms with van der Waals surface area (Å²) in [4.78, 5) is 29.2. The molecule has 0 radical (unpaired) electrons.